The Hall–Kier alpha value is -2.63. The van der Waals surface area contributed by atoms with Crippen LogP contribution in [0.15, 0.2) is 60.8 Å². The Balaban J connectivity index is 1.63. The van der Waals surface area contributed by atoms with Crippen LogP contribution in [0.5, 0.6) is 5.75 Å². The molecule has 0 amide bonds. The van der Waals surface area contributed by atoms with E-state index in [1.807, 2.05) is 22.9 Å². The van der Waals surface area contributed by atoms with Gasteiger partial charge in [-0.05, 0) is 35.7 Å². The second-order valence-corrected chi connectivity index (χ2v) is 7.75. The lowest BCUT2D eigenvalue weighted by molar-refractivity contribution is 0.319. The maximum Gasteiger partial charge on any atom is 0.118 e. The number of aromatic nitrogens is 2. The van der Waals surface area contributed by atoms with Gasteiger partial charge >= 0.3 is 0 Å². The Morgan fingerprint density at radius 1 is 1.04 bits per heavy atom. The van der Waals surface area contributed by atoms with E-state index in [0.717, 1.165) is 43.2 Å². The number of hydrogen-bond donors (Lipinski definition) is 1. The van der Waals surface area contributed by atoms with Crippen molar-refractivity contribution in [2.75, 3.05) is 20.2 Å². The minimum absolute atomic E-state index is 0.254. The molecule has 5 heteroatoms. The lowest BCUT2D eigenvalue weighted by atomic mass is 10.1. The molecule has 0 aliphatic carbocycles. The van der Waals surface area contributed by atoms with Crippen LogP contribution in [-0.4, -0.2) is 40.9 Å². The second kappa shape index (κ2) is 8.17. The third kappa shape index (κ3) is 4.11. The van der Waals surface area contributed by atoms with E-state index in [-0.39, 0.29) is 6.04 Å². The summed E-state index contributed by atoms with van der Waals surface area (Å²) >= 11 is 0. The molecule has 4 rings (SSSR count). The molecule has 146 valence electrons. The van der Waals surface area contributed by atoms with Crippen molar-refractivity contribution >= 4 is 0 Å². The molecule has 5 nitrogen and oxygen atoms in total. The Kier molecular flexibility index (Phi) is 5.46. The van der Waals surface area contributed by atoms with Crippen molar-refractivity contribution in [3.05, 3.63) is 71.9 Å². The molecule has 1 aromatic heterocycles. The number of hydrogen-bond acceptors (Lipinski definition) is 4. The summed E-state index contributed by atoms with van der Waals surface area (Å²) in [6.07, 6.45) is 2.18. The number of likely N-dealkylation sites (tertiary alicyclic amines) is 1. The highest BCUT2D eigenvalue weighted by atomic mass is 16.5. The van der Waals surface area contributed by atoms with Crippen LogP contribution in [0.4, 0.5) is 0 Å². The van der Waals surface area contributed by atoms with Crippen molar-refractivity contribution in [1.29, 1.82) is 0 Å². The molecule has 0 spiro atoms. The lowest BCUT2D eigenvalue weighted by Crippen LogP contribution is -2.28. The van der Waals surface area contributed by atoms with Gasteiger partial charge < -0.3 is 10.5 Å². The molecule has 1 aliphatic rings. The molecule has 0 saturated carbocycles. The van der Waals surface area contributed by atoms with Crippen molar-refractivity contribution < 1.29 is 4.74 Å². The van der Waals surface area contributed by atoms with Crippen LogP contribution in [0.3, 0.4) is 0 Å². The van der Waals surface area contributed by atoms with Crippen LogP contribution in [0.25, 0.3) is 11.3 Å². The number of nitrogens with zero attached hydrogens (tertiary/aromatic N) is 3. The zero-order valence-electron chi connectivity index (χ0n) is 16.6. The van der Waals surface area contributed by atoms with Gasteiger partial charge in [0.2, 0.25) is 0 Å². The Labute approximate surface area is 166 Å². The molecule has 3 aromatic rings. The Bertz CT molecular complexity index is 894. The molecule has 1 aliphatic heterocycles. The number of benzene rings is 2. The zero-order valence-corrected chi connectivity index (χ0v) is 16.6. The van der Waals surface area contributed by atoms with Gasteiger partial charge in [-0.2, -0.15) is 5.10 Å². The van der Waals surface area contributed by atoms with Crippen LogP contribution in [0, 0.1) is 5.92 Å². The first kappa shape index (κ1) is 18.7. The third-order valence-electron chi connectivity index (χ3n) is 5.53. The Morgan fingerprint density at radius 2 is 1.79 bits per heavy atom. The fraction of sp³-hybridized carbons (Fsp3) is 0.348. The van der Waals surface area contributed by atoms with Crippen LogP contribution in [-0.2, 0) is 13.1 Å². The maximum atomic E-state index is 6.23. The molecule has 2 N–H and O–H groups in total. The van der Waals surface area contributed by atoms with E-state index in [9.17, 15) is 0 Å². The van der Waals surface area contributed by atoms with Crippen LogP contribution in [0.1, 0.15) is 18.1 Å². The van der Waals surface area contributed by atoms with Crippen LogP contribution >= 0.6 is 0 Å². The molecule has 28 heavy (non-hydrogen) atoms. The SMILES string of the molecule is COc1ccc(-c2nn(Cc3ccccc3)cc2CN2CC(C)C(N)C2)cc1. The van der Waals surface area contributed by atoms with Gasteiger partial charge in [0.05, 0.1) is 19.3 Å². The molecular formula is C23H28N4O. The molecule has 2 unspecified atom stereocenters. The number of ether oxygens (including phenoxy) is 1. The molecule has 1 saturated heterocycles. The third-order valence-corrected chi connectivity index (χ3v) is 5.53. The molecule has 0 radical (unpaired) electrons. The van der Waals surface area contributed by atoms with E-state index < -0.39 is 0 Å². The van der Waals surface area contributed by atoms with Crippen molar-refractivity contribution in [3.8, 4) is 17.0 Å². The van der Waals surface area contributed by atoms with Crippen molar-refractivity contribution in [2.24, 2.45) is 11.7 Å². The van der Waals surface area contributed by atoms with Gasteiger partial charge in [-0.15, -0.1) is 0 Å². The van der Waals surface area contributed by atoms with Crippen LogP contribution in [0.2, 0.25) is 0 Å². The van der Waals surface area contributed by atoms with Gasteiger partial charge in [-0.25, -0.2) is 0 Å². The quantitative estimate of drug-likeness (QED) is 0.716. The first-order valence-corrected chi connectivity index (χ1v) is 9.85. The van der Waals surface area contributed by atoms with Gasteiger partial charge in [0.15, 0.2) is 0 Å². The topological polar surface area (TPSA) is 56.3 Å². The Morgan fingerprint density at radius 3 is 2.43 bits per heavy atom. The molecule has 1 fully saturated rings. The summed E-state index contributed by atoms with van der Waals surface area (Å²) in [4.78, 5) is 2.44. The highest BCUT2D eigenvalue weighted by Crippen LogP contribution is 2.27. The first-order valence-electron chi connectivity index (χ1n) is 9.85. The minimum atomic E-state index is 0.254. The summed E-state index contributed by atoms with van der Waals surface area (Å²) in [6, 6.07) is 18.8. The summed E-state index contributed by atoms with van der Waals surface area (Å²) < 4.78 is 7.35. The second-order valence-electron chi connectivity index (χ2n) is 7.75. The monoisotopic (exact) mass is 376 g/mol. The first-order chi connectivity index (χ1) is 13.6. The van der Waals surface area contributed by atoms with E-state index in [2.05, 4.69) is 54.4 Å². The van der Waals surface area contributed by atoms with Gasteiger partial charge in [0.1, 0.15) is 5.75 Å². The van der Waals surface area contributed by atoms with E-state index >= 15 is 0 Å². The predicted molar refractivity (Wildman–Crippen MR) is 112 cm³/mol. The van der Waals surface area contributed by atoms with Gasteiger partial charge in [-0.1, -0.05) is 37.3 Å². The largest absolute Gasteiger partial charge is 0.497 e. The normalized spacial score (nSPS) is 19.8. The standard InChI is InChI=1S/C23H28N4O/c1-17-12-26(16-22(17)24)14-20-15-27(13-18-6-4-3-5-7-18)25-23(20)19-8-10-21(28-2)11-9-19/h3-11,15,17,22H,12-14,16,24H2,1-2H3. The fourth-order valence-electron chi connectivity index (χ4n) is 3.89. The molecular weight excluding hydrogens is 348 g/mol. The zero-order chi connectivity index (χ0) is 19.5. The number of methoxy groups -OCH3 is 1. The van der Waals surface area contributed by atoms with Crippen molar-refractivity contribution in [1.82, 2.24) is 14.7 Å². The molecule has 2 aromatic carbocycles. The van der Waals surface area contributed by atoms with E-state index in [1.54, 1.807) is 7.11 Å². The van der Waals surface area contributed by atoms with E-state index in [4.69, 9.17) is 15.6 Å². The van der Waals surface area contributed by atoms with Crippen molar-refractivity contribution in [2.45, 2.75) is 26.1 Å². The van der Waals surface area contributed by atoms with Gasteiger partial charge in [-0.3, -0.25) is 9.58 Å². The van der Waals surface area contributed by atoms with Crippen LogP contribution < -0.4 is 10.5 Å². The number of nitrogens with two attached hydrogens (primary N) is 1. The molecule has 2 atom stereocenters. The molecule has 0 bridgehead atoms. The summed E-state index contributed by atoms with van der Waals surface area (Å²) in [6.45, 7) is 5.84. The summed E-state index contributed by atoms with van der Waals surface area (Å²) in [5, 5.41) is 4.93. The summed E-state index contributed by atoms with van der Waals surface area (Å²) in [7, 11) is 1.69. The maximum absolute atomic E-state index is 6.23. The van der Waals surface area contributed by atoms with Gasteiger partial charge in [0, 0.05) is 43.0 Å². The summed E-state index contributed by atoms with van der Waals surface area (Å²) in [5.41, 5.74) is 10.9. The predicted octanol–water partition coefficient (Wildman–Crippen LogP) is 3.39. The van der Waals surface area contributed by atoms with Crippen molar-refractivity contribution in [3.63, 3.8) is 0 Å². The number of rotatable bonds is 6. The van der Waals surface area contributed by atoms with E-state index in [1.165, 1.54) is 11.1 Å². The highest BCUT2D eigenvalue weighted by Gasteiger charge is 2.27. The highest BCUT2D eigenvalue weighted by molar-refractivity contribution is 5.63. The smallest absolute Gasteiger partial charge is 0.118 e. The van der Waals surface area contributed by atoms with E-state index in [0.29, 0.717) is 5.92 Å². The average Bonchev–Trinajstić information content (AvgIpc) is 3.25. The lowest BCUT2D eigenvalue weighted by Gasteiger charge is -2.15. The fourth-order valence-corrected chi connectivity index (χ4v) is 3.89. The molecule has 2 heterocycles. The summed E-state index contributed by atoms with van der Waals surface area (Å²) in [5.74, 6) is 1.39. The average molecular weight is 377 g/mol. The van der Waals surface area contributed by atoms with Gasteiger partial charge in [0.25, 0.3) is 0 Å². The minimum Gasteiger partial charge on any atom is -0.497 e.